The van der Waals surface area contributed by atoms with Crippen molar-refractivity contribution < 1.29 is 14.8 Å². The van der Waals surface area contributed by atoms with Crippen LogP contribution in [-0.2, 0) is 21.2 Å². The predicted molar refractivity (Wildman–Crippen MR) is 62.4 cm³/mol. The molecule has 0 aliphatic rings. The summed E-state index contributed by atoms with van der Waals surface area (Å²) in [6.07, 6.45) is 4.89. The summed E-state index contributed by atoms with van der Waals surface area (Å²) in [5, 5.41) is 0. The van der Waals surface area contributed by atoms with Gasteiger partial charge in [0.05, 0.1) is 0 Å². The Labute approximate surface area is 102 Å². The van der Waals surface area contributed by atoms with Gasteiger partial charge in [-0.15, -0.1) is 0 Å². The summed E-state index contributed by atoms with van der Waals surface area (Å²) in [4.78, 5) is 0. The Hall–Kier alpha value is 0.313. The third kappa shape index (κ3) is 6.39. The minimum atomic E-state index is 0.948. The van der Waals surface area contributed by atoms with Crippen LogP contribution in [-0.4, -0.2) is 0 Å². The van der Waals surface area contributed by atoms with Crippen molar-refractivity contribution in [1.82, 2.24) is 0 Å². The first-order valence-electron chi connectivity index (χ1n) is 4.15. The topological polar surface area (TPSA) is 0 Å². The van der Waals surface area contributed by atoms with Crippen molar-refractivity contribution in [3.63, 3.8) is 0 Å². The van der Waals surface area contributed by atoms with Gasteiger partial charge in [-0.05, 0) is 6.92 Å². The molecule has 0 saturated heterocycles. The summed E-state index contributed by atoms with van der Waals surface area (Å²) in [6.45, 7) is 5.69. The quantitative estimate of drug-likeness (QED) is 0.447. The van der Waals surface area contributed by atoms with E-state index in [1.54, 1.807) is 0 Å². The van der Waals surface area contributed by atoms with Crippen LogP contribution in [0.15, 0.2) is 30.8 Å². The molecule has 0 amide bonds. The number of hydrogen-bond donors (Lipinski definition) is 0. The van der Waals surface area contributed by atoms with Gasteiger partial charge in [-0.3, -0.25) is 6.58 Å². The fourth-order valence-electron chi connectivity index (χ4n) is 1.10. The normalized spacial score (nSPS) is 8.62. The SMILES string of the molecule is C=[C-]CCc1cccc(C)c1.[Zn+][I]. The van der Waals surface area contributed by atoms with E-state index in [9.17, 15) is 0 Å². The molecule has 1 aromatic rings. The molecular weight excluding hydrogens is 324 g/mol. The van der Waals surface area contributed by atoms with Gasteiger partial charge in [-0.2, -0.15) is 6.42 Å². The summed E-state index contributed by atoms with van der Waals surface area (Å²) in [5.41, 5.74) is 2.70. The molecule has 0 unspecified atom stereocenters. The summed E-state index contributed by atoms with van der Waals surface area (Å²) < 4.78 is 0. The molecule has 1 rings (SSSR count). The first-order valence-corrected chi connectivity index (χ1v) is 13.2. The van der Waals surface area contributed by atoms with E-state index in [0.29, 0.717) is 0 Å². The number of allylic oxidation sites excluding steroid dienone is 1. The maximum absolute atomic E-state index is 3.57. The van der Waals surface area contributed by atoms with E-state index in [-0.39, 0.29) is 0 Å². The van der Waals surface area contributed by atoms with Crippen molar-refractivity contribution >= 4 is 19.8 Å². The van der Waals surface area contributed by atoms with E-state index in [0.717, 1.165) is 12.8 Å². The van der Waals surface area contributed by atoms with Crippen LogP contribution in [0.1, 0.15) is 17.5 Å². The molecule has 66 valence electrons. The molecule has 1 aromatic carbocycles. The number of benzene rings is 1. The predicted octanol–water partition coefficient (Wildman–Crippen LogP) is 3.80. The van der Waals surface area contributed by atoms with Gasteiger partial charge < -0.3 is 6.08 Å². The summed E-state index contributed by atoms with van der Waals surface area (Å²) >= 11 is 3.62. The molecule has 0 aliphatic heterocycles. The zero-order valence-corrected chi connectivity index (χ0v) is 13.1. The van der Waals surface area contributed by atoms with Crippen molar-refractivity contribution in [1.29, 1.82) is 0 Å². The molecular formula is C11H13IZn. The summed E-state index contributed by atoms with van der Waals surface area (Å²) in [6, 6.07) is 8.55. The molecule has 0 aromatic heterocycles. The Morgan fingerprint density at radius 3 is 2.69 bits per heavy atom. The monoisotopic (exact) mass is 336 g/mol. The minimum absolute atomic E-state index is 0.948. The number of hydrogen-bond acceptors (Lipinski definition) is 0. The van der Waals surface area contributed by atoms with Crippen LogP contribution in [0, 0.1) is 13.0 Å². The van der Waals surface area contributed by atoms with Crippen LogP contribution in [0.3, 0.4) is 0 Å². The van der Waals surface area contributed by atoms with E-state index < -0.39 is 0 Å². The molecule has 0 fully saturated rings. The van der Waals surface area contributed by atoms with E-state index >= 15 is 0 Å². The molecule has 0 radical (unpaired) electrons. The maximum atomic E-state index is 3.57. The molecule has 0 spiro atoms. The van der Waals surface area contributed by atoms with Crippen LogP contribution < -0.4 is 0 Å². The zero-order chi connectivity index (χ0) is 10.1. The molecule has 0 nitrogen and oxygen atoms in total. The summed E-state index contributed by atoms with van der Waals surface area (Å²) in [5.74, 6) is 0. The Balaban J connectivity index is 0.000000671. The Bertz CT molecular complexity index is 246. The Morgan fingerprint density at radius 1 is 1.46 bits per heavy atom. The van der Waals surface area contributed by atoms with Crippen molar-refractivity contribution in [3.05, 3.63) is 48.0 Å². The number of halogens is 1. The van der Waals surface area contributed by atoms with Crippen LogP contribution in [0.2, 0.25) is 0 Å². The fraction of sp³-hybridized carbons (Fsp3) is 0.273. The first kappa shape index (κ1) is 13.3. The van der Waals surface area contributed by atoms with Gasteiger partial charge in [-0.1, -0.05) is 41.8 Å². The van der Waals surface area contributed by atoms with Gasteiger partial charge in [0.1, 0.15) is 0 Å². The van der Waals surface area contributed by atoms with Gasteiger partial charge in [0.25, 0.3) is 0 Å². The molecule has 13 heavy (non-hydrogen) atoms. The van der Waals surface area contributed by atoms with Crippen LogP contribution in [0.25, 0.3) is 0 Å². The van der Waals surface area contributed by atoms with Crippen molar-refractivity contribution in [2.24, 2.45) is 0 Å². The average molecular weight is 338 g/mol. The molecule has 0 heterocycles. The number of aryl methyl sites for hydroxylation is 2. The third-order valence-corrected chi connectivity index (χ3v) is 1.67. The zero-order valence-electron chi connectivity index (χ0n) is 8.02. The van der Waals surface area contributed by atoms with E-state index in [1.807, 2.05) is 0 Å². The molecule has 0 bridgehead atoms. The van der Waals surface area contributed by atoms with Crippen LogP contribution >= 0.6 is 19.8 Å². The first-order chi connectivity index (χ1) is 6.33. The van der Waals surface area contributed by atoms with Crippen molar-refractivity contribution in [3.8, 4) is 0 Å². The average Bonchev–Trinajstić information content (AvgIpc) is 2.18. The fourth-order valence-corrected chi connectivity index (χ4v) is 1.10. The van der Waals surface area contributed by atoms with Crippen molar-refractivity contribution in [2.75, 3.05) is 0 Å². The molecule has 0 N–H and O–H groups in total. The third-order valence-electron chi connectivity index (χ3n) is 1.67. The Morgan fingerprint density at radius 2 is 2.15 bits per heavy atom. The second-order valence-electron chi connectivity index (χ2n) is 2.74. The van der Waals surface area contributed by atoms with Crippen molar-refractivity contribution in [2.45, 2.75) is 19.8 Å². The van der Waals surface area contributed by atoms with Crippen LogP contribution in [0.5, 0.6) is 0 Å². The van der Waals surface area contributed by atoms with E-state index in [1.165, 1.54) is 25.9 Å². The van der Waals surface area contributed by atoms with Gasteiger partial charge in [0.2, 0.25) is 0 Å². The van der Waals surface area contributed by atoms with Gasteiger partial charge >= 0.3 is 34.5 Å². The van der Waals surface area contributed by atoms with Crippen LogP contribution in [0.4, 0.5) is 0 Å². The summed E-state index contributed by atoms with van der Waals surface area (Å²) in [7, 11) is 0. The van der Waals surface area contributed by atoms with E-state index in [2.05, 4.69) is 63.6 Å². The number of rotatable bonds is 3. The van der Waals surface area contributed by atoms with Gasteiger partial charge in [0, 0.05) is 0 Å². The second-order valence-corrected chi connectivity index (χ2v) is 2.74. The Kier molecular flexibility index (Phi) is 9.11. The second kappa shape index (κ2) is 8.89. The molecule has 0 saturated carbocycles. The van der Waals surface area contributed by atoms with E-state index in [4.69, 9.17) is 0 Å². The molecule has 0 atom stereocenters. The molecule has 2 heteroatoms. The van der Waals surface area contributed by atoms with Gasteiger partial charge in [-0.25, -0.2) is 0 Å². The van der Waals surface area contributed by atoms with Gasteiger partial charge in [0.15, 0.2) is 0 Å². The molecule has 0 aliphatic carbocycles. The standard InChI is InChI=1S/C11H13.HI.Zn/c1-3-4-7-11-8-5-6-10(2)9-11;;/h5-6,8-9H,1,4,7H2,2H3;1H;/q-1;;+2/p-1.